The van der Waals surface area contributed by atoms with E-state index >= 15 is 0 Å². The van der Waals surface area contributed by atoms with Gasteiger partial charge in [-0.05, 0) is 44.4 Å². The van der Waals surface area contributed by atoms with Crippen LogP contribution < -0.4 is 11.1 Å². The first-order chi connectivity index (χ1) is 9.90. The Bertz CT molecular complexity index is 528. The molecule has 0 atom stereocenters. The van der Waals surface area contributed by atoms with Crippen LogP contribution in [0.3, 0.4) is 0 Å². The molecule has 1 aromatic heterocycles. The van der Waals surface area contributed by atoms with E-state index < -0.39 is 5.54 Å². The maximum Gasteiger partial charge on any atom is 0.270 e. The average Bonchev–Trinajstić information content (AvgIpc) is 2.37. The lowest BCUT2D eigenvalue weighted by molar-refractivity contribution is -0.119. The third kappa shape index (κ3) is 4.03. The number of hydrogen-bond donors (Lipinski definition) is 2. The Labute approximate surface area is 125 Å². The average molecular weight is 289 g/mol. The van der Waals surface area contributed by atoms with E-state index in [-0.39, 0.29) is 18.2 Å². The van der Waals surface area contributed by atoms with Crippen LogP contribution in [0.4, 0.5) is 0 Å². The molecule has 21 heavy (non-hydrogen) atoms. The van der Waals surface area contributed by atoms with Gasteiger partial charge in [0, 0.05) is 17.7 Å². The second kappa shape index (κ2) is 6.24. The monoisotopic (exact) mass is 289 g/mol. The second-order valence-corrected chi connectivity index (χ2v) is 6.11. The van der Waals surface area contributed by atoms with Crippen LogP contribution in [0.15, 0.2) is 12.1 Å². The van der Waals surface area contributed by atoms with E-state index in [1.807, 2.05) is 19.9 Å². The van der Waals surface area contributed by atoms with E-state index in [0.29, 0.717) is 5.69 Å². The molecule has 1 aliphatic carbocycles. The molecule has 114 valence electrons. The van der Waals surface area contributed by atoms with Crippen molar-refractivity contribution in [3.63, 3.8) is 0 Å². The molecule has 0 radical (unpaired) electrons. The van der Waals surface area contributed by atoms with Crippen LogP contribution in [-0.4, -0.2) is 22.3 Å². The summed E-state index contributed by atoms with van der Waals surface area (Å²) in [5.74, 6) is -0.587. The van der Waals surface area contributed by atoms with Crippen LogP contribution in [0, 0.1) is 13.8 Å². The van der Waals surface area contributed by atoms with Gasteiger partial charge < -0.3 is 11.1 Å². The van der Waals surface area contributed by atoms with Crippen molar-refractivity contribution in [2.24, 2.45) is 5.73 Å². The van der Waals surface area contributed by atoms with Gasteiger partial charge >= 0.3 is 0 Å². The summed E-state index contributed by atoms with van der Waals surface area (Å²) in [6.45, 7) is 3.80. The smallest absolute Gasteiger partial charge is 0.270 e. The molecule has 0 unspecified atom stereocenters. The SMILES string of the molecule is Cc1cc(C)nc(C(=O)NC2(CC(N)=O)CCCCC2)c1. The quantitative estimate of drug-likeness (QED) is 0.889. The van der Waals surface area contributed by atoms with Gasteiger partial charge in [0.2, 0.25) is 5.91 Å². The number of nitrogens with one attached hydrogen (secondary N) is 1. The summed E-state index contributed by atoms with van der Waals surface area (Å²) in [6.07, 6.45) is 4.95. The zero-order valence-electron chi connectivity index (χ0n) is 12.7. The molecule has 0 saturated heterocycles. The number of rotatable bonds is 4. The fourth-order valence-electron chi connectivity index (χ4n) is 3.17. The summed E-state index contributed by atoms with van der Waals surface area (Å²) < 4.78 is 0. The number of carbonyl (C=O) groups excluding carboxylic acids is 2. The van der Waals surface area contributed by atoms with Gasteiger partial charge in [0.15, 0.2) is 0 Å². The molecule has 0 aliphatic heterocycles. The summed E-state index contributed by atoms with van der Waals surface area (Å²) in [4.78, 5) is 28.1. The fourth-order valence-corrected chi connectivity index (χ4v) is 3.17. The summed E-state index contributed by atoms with van der Waals surface area (Å²) in [6, 6.07) is 3.69. The maximum atomic E-state index is 12.5. The number of amides is 2. The molecule has 1 aromatic rings. The maximum absolute atomic E-state index is 12.5. The third-order valence-electron chi connectivity index (χ3n) is 4.03. The van der Waals surface area contributed by atoms with E-state index in [1.54, 1.807) is 6.07 Å². The molecule has 2 rings (SSSR count). The second-order valence-electron chi connectivity index (χ2n) is 6.11. The minimum absolute atomic E-state index is 0.198. The molecule has 5 nitrogen and oxygen atoms in total. The van der Waals surface area contributed by atoms with E-state index in [1.165, 1.54) is 0 Å². The zero-order valence-corrected chi connectivity index (χ0v) is 12.7. The predicted octanol–water partition coefficient (Wildman–Crippen LogP) is 2.01. The first-order valence-corrected chi connectivity index (χ1v) is 7.46. The first kappa shape index (κ1) is 15.5. The van der Waals surface area contributed by atoms with Crippen molar-refractivity contribution in [2.45, 2.75) is 57.9 Å². The lowest BCUT2D eigenvalue weighted by atomic mass is 9.79. The molecule has 3 N–H and O–H groups in total. The van der Waals surface area contributed by atoms with Crippen molar-refractivity contribution in [1.29, 1.82) is 0 Å². The number of aromatic nitrogens is 1. The number of nitrogens with two attached hydrogens (primary N) is 1. The first-order valence-electron chi connectivity index (χ1n) is 7.46. The summed E-state index contributed by atoms with van der Waals surface area (Å²) in [5.41, 5.74) is 7.08. The van der Waals surface area contributed by atoms with Crippen LogP contribution in [0.25, 0.3) is 0 Å². The van der Waals surface area contributed by atoms with Gasteiger partial charge in [-0.25, -0.2) is 4.98 Å². The summed E-state index contributed by atoms with van der Waals surface area (Å²) >= 11 is 0. The molecule has 2 amide bonds. The Morgan fingerprint density at radius 1 is 1.24 bits per heavy atom. The highest BCUT2D eigenvalue weighted by molar-refractivity contribution is 5.93. The van der Waals surface area contributed by atoms with E-state index in [2.05, 4.69) is 10.3 Å². The van der Waals surface area contributed by atoms with Gasteiger partial charge in [0.25, 0.3) is 5.91 Å². The number of nitrogens with zero attached hydrogens (tertiary/aromatic N) is 1. The van der Waals surface area contributed by atoms with E-state index in [9.17, 15) is 9.59 Å². The van der Waals surface area contributed by atoms with Crippen LogP contribution in [-0.2, 0) is 4.79 Å². The molecular weight excluding hydrogens is 266 g/mol. The standard InChI is InChI=1S/C16H23N3O2/c1-11-8-12(2)18-13(9-11)15(21)19-16(10-14(17)20)6-4-3-5-7-16/h8-9H,3-7,10H2,1-2H3,(H2,17,20)(H,19,21). The van der Waals surface area contributed by atoms with Gasteiger partial charge in [-0.15, -0.1) is 0 Å². The Morgan fingerprint density at radius 3 is 2.48 bits per heavy atom. The number of aryl methyl sites for hydroxylation is 2. The number of hydrogen-bond acceptors (Lipinski definition) is 3. The molecular formula is C16H23N3O2. The van der Waals surface area contributed by atoms with Gasteiger partial charge in [0.1, 0.15) is 5.69 Å². The molecule has 1 heterocycles. The highest BCUT2D eigenvalue weighted by Crippen LogP contribution is 2.31. The molecule has 0 bridgehead atoms. The Balaban J connectivity index is 2.19. The highest BCUT2D eigenvalue weighted by atomic mass is 16.2. The zero-order chi connectivity index (χ0) is 15.5. The van der Waals surface area contributed by atoms with Gasteiger partial charge in [0.05, 0.1) is 0 Å². The largest absolute Gasteiger partial charge is 0.370 e. The van der Waals surface area contributed by atoms with Crippen molar-refractivity contribution < 1.29 is 9.59 Å². The number of carbonyl (C=O) groups is 2. The normalized spacial score (nSPS) is 17.2. The summed E-state index contributed by atoms with van der Waals surface area (Å²) in [5, 5.41) is 3.03. The lowest BCUT2D eigenvalue weighted by Gasteiger charge is -2.37. The molecule has 0 spiro atoms. The topological polar surface area (TPSA) is 85.1 Å². The van der Waals surface area contributed by atoms with Crippen molar-refractivity contribution in [1.82, 2.24) is 10.3 Å². The highest BCUT2D eigenvalue weighted by Gasteiger charge is 2.35. The van der Waals surface area contributed by atoms with Gasteiger partial charge in [-0.2, -0.15) is 0 Å². The molecule has 1 fully saturated rings. The summed E-state index contributed by atoms with van der Waals surface area (Å²) in [7, 11) is 0. The van der Waals surface area contributed by atoms with Crippen LogP contribution in [0.2, 0.25) is 0 Å². The van der Waals surface area contributed by atoms with E-state index in [0.717, 1.165) is 43.4 Å². The van der Waals surface area contributed by atoms with Crippen molar-refractivity contribution in [3.8, 4) is 0 Å². The fraction of sp³-hybridized carbons (Fsp3) is 0.562. The molecule has 1 saturated carbocycles. The molecule has 5 heteroatoms. The Kier molecular flexibility index (Phi) is 4.60. The lowest BCUT2D eigenvalue weighted by Crippen LogP contribution is -2.52. The number of primary amides is 1. The van der Waals surface area contributed by atoms with Crippen LogP contribution >= 0.6 is 0 Å². The van der Waals surface area contributed by atoms with E-state index in [4.69, 9.17) is 5.73 Å². The Morgan fingerprint density at radius 2 is 1.90 bits per heavy atom. The van der Waals surface area contributed by atoms with Crippen molar-refractivity contribution in [3.05, 3.63) is 29.1 Å². The minimum atomic E-state index is -0.500. The van der Waals surface area contributed by atoms with Gasteiger partial charge in [-0.3, -0.25) is 9.59 Å². The predicted molar refractivity (Wildman–Crippen MR) is 80.8 cm³/mol. The van der Waals surface area contributed by atoms with Crippen molar-refractivity contribution in [2.75, 3.05) is 0 Å². The minimum Gasteiger partial charge on any atom is -0.370 e. The molecule has 0 aromatic carbocycles. The van der Waals surface area contributed by atoms with Crippen LogP contribution in [0.5, 0.6) is 0 Å². The van der Waals surface area contributed by atoms with Crippen LogP contribution in [0.1, 0.15) is 60.3 Å². The van der Waals surface area contributed by atoms with Crippen molar-refractivity contribution >= 4 is 11.8 Å². The Hall–Kier alpha value is -1.91. The molecule has 1 aliphatic rings. The number of pyridine rings is 1. The third-order valence-corrected chi connectivity index (χ3v) is 4.03. The van der Waals surface area contributed by atoms with Gasteiger partial charge in [-0.1, -0.05) is 19.3 Å².